The highest BCUT2D eigenvalue weighted by Gasteiger charge is 2.05. The van der Waals surface area contributed by atoms with Crippen molar-refractivity contribution in [2.45, 2.75) is 13.0 Å². The molecule has 2 N–H and O–H groups in total. The Morgan fingerprint density at radius 3 is 2.85 bits per heavy atom. The number of halogens is 2. The molecule has 1 aromatic carbocycles. The quantitative estimate of drug-likeness (QED) is 0.860. The van der Waals surface area contributed by atoms with E-state index in [1.807, 2.05) is 0 Å². The lowest BCUT2D eigenvalue weighted by atomic mass is 10.3. The molecule has 72 valence electrons. The molecule has 1 rings (SSSR count). The van der Waals surface area contributed by atoms with Gasteiger partial charge in [-0.25, -0.2) is 4.39 Å². The van der Waals surface area contributed by atoms with Crippen LogP contribution in [0.4, 0.5) is 10.1 Å². The van der Waals surface area contributed by atoms with Crippen molar-refractivity contribution in [3.05, 3.63) is 28.5 Å². The predicted molar refractivity (Wildman–Crippen MR) is 54.3 cm³/mol. The summed E-state index contributed by atoms with van der Waals surface area (Å²) in [6.07, 6.45) is -0.494. The Hall–Kier alpha value is -0.610. The van der Waals surface area contributed by atoms with Gasteiger partial charge in [-0.2, -0.15) is 0 Å². The van der Waals surface area contributed by atoms with E-state index in [2.05, 4.69) is 21.2 Å². The van der Waals surface area contributed by atoms with Gasteiger partial charge in [0.05, 0.1) is 11.8 Å². The van der Waals surface area contributed by atoms with Crippen molar-refractivity contribution in [3.8, 4) is 0 Å². The second-order valence-electron chi connectivity index (χ2n) is 2.83. The maximum Gasteiger partial charge on any atom is 0.147 e. The fourth-order valence-electron chi connectivity index (χ4n) is 0.916. The van der Waals surface area contributed by atoms with Gasteiger partial charge in [0, 0.05) is 11.0 Å². The highest BCUT2D eigenvalue weighted by atomic mass is 79.9. The Kier molecular flexibility index (Phi) is 3.69. The molecule has 0 unspecified atom stereocenters. The number of benzene rings is 1. The molecule has 0 heterocycles. The normalized spacial score (nSPS) is 12.6. The van der Waals surface area contributed by atoms with Crippen molar-refractivity contribution in [3.63, 3.8) is 0 Å². The maximum atomic E-state index is 13.1. The van der Waals surface area contributed by atoms with Crippen LogP contribution in [0, 0.1) is 5.82 Å². The van der Waals surface area contributed by atoms with Crippen LogP contribution in [0.2, 0.25) is 0 Å². The van der Waals surface area contributed by atoms with Crippen LogP contribution in [-0.2, 0) is 0 Å². The molecular formula is C9H11BrFNO. The summed E-state index contributed by atoms with van der Waals surface area (Å²) in [6, 6.07) is 4.73. The zero-order valence-corrected chi connectivity index (χ0v) is 8.81. The number of nitrogens with one attached hydrogen (secondary N) is 1. The molecule has 1 aromatic rings. The molecule has 1 atom stereocenters. The minimum Gasteiger partial charge on any atom is -0.392 e. The summed E-state index contributed by atoms with van der Waals surface area (Å²) in [4.78, 5) is 0. The summed E-state index contributed by atoms with van der Waals surface area (Å²) in [6.45, 7) is 1.97. The molecule has 0 amide bonds. The summed E-state index contributed by atoms with van der Waals surface area (Å²) >= 11 is 3.21. The highest BCUT2D eigenvalue weighted by molar-refractivity contribution is 9.10. The second kappa shape index (κ2) is 4.58. The summed E-state index contributed by atoms with van der Waals surface area (Å²) in [5.41, 5.74) is 0.392. The number of anilines is 1. The van der Waals surface area contributed by atoms with E-state index in [4.69, 9.17) is 5.11 Å². The lowest BCUT2D eigenvalue weighted by Crippen LogP contribution is -2.16. The number of aliphatic hydroxyl groups excluding tert-OH is 1. The molecule has 0 spiro atoms. The van der Waals surface area contributed by atoms with Crippen molar-refractivity contribution in [1.82, 2.24) is 0 Å². The Bertz CT molecular complexity index is 271. The summed E-state index contributed by atoms with van der Waals surface area (Å²) < 4.78 is 13.8. The molecule has 0 aromatic heterocycles. The maximum absolute atomic E-state index is 13.1. The molecule has 13 heavy (non-hydrogen) atoms. The lowest BCUT2D eigenvalue weighted by Gasteiger charge is -2.10. The van der Waals surface area contributed by atoms with Crippen LogP contribution in [0.3, 0.4) is 0 Å². The van der Waals surface area contributed by atoms with Crippen LogP contribution in [0.1, 0.15) is 6.92 Å². The first-order valence-corrected chi connectivity index (χ1v) is 4.76. The molecule has 0 saturated carbocycles. The van der Waals surface area contributed by atoms with Gasteiger partial charge >= 0.3 is 0 Å². The molecule has 0 aliphatic carbocycles. The molecule has 0 saturated heterocycles. The van der Waals surface area contributed by atoms with Crippen LogP contribution >= 0.6 is 15.9 Å². The monoisotopic (exact) mass is 247 g/mol. The SMILES string of the molecule is C[C@H](O)CNc1c(F)cccc1Br. The second-order valence-corrected chi connectivity index (χ2v) is 3.68. The van der Waals surface area contributed by atoms with Crippen LogP contribution < -0.4 is 5.32 Å². The number of hydrogen-bond donors (Lipinski definition) is 2. The summed E-state index contributed by atoms with van der Waals surface area (Å²) in [5, 5.41) is 11.8. The van der Waals surface area contributed by atoms with Gasteiger partial charge in [0.15, 0.2) is 0 Å². The van der Waals surface area contributed by atoms with E-state index < -0.39 is 6.10 Å². The van der Waals surface area contributed by atoms with Crippen molar-refractivity contribution < 1.29 is 9.50 Å². The standard InChI is InChI=1S/C9H11BrFNO/c1-6(13)5-12-9-7(10)3-2-4-8(9)11/h2-4,6,12-13H,5H2,1H3/t6-/m0/s1. The average molecular weight is 248 g/mol. The Balaban J connectivity index is 2.75. The fraction of sp³-hybridized carbons (Fsp3) is 0.333. The zero-order chi connectivity index (χ0) is 9.84. The molecule has 0 fully saturated rings. The van der Waals surface area contributed by atoms with E-state index in [9.17, 15) is 4.39 Å². The van der Waals surface area contributed by atoms with Gasteiger partial charge in [0.2, 0.25) is 0 Å². The average Bonchev–Trinajstić information content (AvgIpc) is 2.03. The first kappa shape index (κ1) is 10.5. The smallest absolute Gasteiger partial charge is 0.147 e. The van der Waals surface area contributed by atoms with E-state index >= 15 is 0 Å². The molecule has 0 bridgehead atoms. The van der Waals surface area contributed by atoms with Gasteiger partial charge < -0.3 is 10.4 Å². The third-order valence-corrected chi connectivity index (χ3v) is 2.20. The van der Waals surface area contributed by atoms with Crippen molar-refractivity contribution >= 4 is 21.6 Å². The highest BCUT2D eigenvalue weighted by Crippen LogP contribution is 2.24. The van der Waals surface area contributed by atoms with E-state index in [-0.39, 0.29) is 5.82 Å². The van der Waals surface area contributed by atoms with Crippen LogP contribution in [0.5, 0.6) is 0 Å². The minimum atomic E-state index is -0.494. The molecule has 4 heteroatoms. The minimum absolute atomic E-state index is 0.324. The molecular weight excluding hydrogens is 237 g/mol. The van der Waals surface area contributed by atoms with E-state index in [0.29, 0.717) is 16.7 Å². The van der Waals surface area contributed by atoms with Gasteiger partial charge in [-0.05, 0) is 35.0 Å². The molecule has 2 nitrogen and oxygen atoms in total. The van der Waals surface area contributed by atoms with Crippen LogP contribution in [-0.4, -0.2) is 17.8 Å². The fourth-order valence-corrected chi connectivity index (χ4v) is 1.40. The number of hydrogen-bond acceptors (Lipinski definition) is 2. The zero-order valence-electron chi connectivity index (χ0n) is 7.22. The number of aliphatic hydroxyl groups is 1. The number of para-hydroxylation sites is 1. The molecule has 0 aliphatic heterocycles. The predicted octanol–water partition coefficient (Wildman–Crippen LogP) is 2.38. The molecule has 0 radical (unpaired) electrons. The first-order chi connectivity index (χ1) is 6.11. The third-order valence-electron chi connectivity index (χ3n) is 1.54. The van der Waals surface area contributed by atoms with Crippen molar-refractivity contribution in [1.29, 1.82) is 0 Å². The van der Waals surface area contributed by atoms with Gasteiger partial charge in [-0.1, -0.05) is 6.07 Å². The van der Waals surface area contributed by atoms with Crippen LogP contribution in [0.15, 0.2) is 22.7 Å². The van der Waals surface area contributed by atoms with Crippen LogP contribution in [0.25, 0.3) is 0 Å². The van der Waals surface area contributed by atoms with Crippen molar-refractivity contribution in [2.24, 2.45) is 0 Å². The van der Waals surface area contributed by atoms with Crippen molar-refractivity contribution in [2.75, 3.05) is 11.9 Å². The molecule has 0 aliphatic rings. The topological polar surface area (TPSA) is 32.3 Å². The largest absolute Gasteiger partial charge is 0.392 e. The third kappa shape index (κ3) is 2.97. The van der Waals surface area contributed by atoms with Gasteiger partial charge in [-0.15, -0.1) is 0 Å². The van der Waals surface area contributed by atoms with Gasteiger partial charge in [0.25, 0.3) is 0 Å². The Labute approximate surface area is 84.9 Å². The Morgan fingerprint density at radius 2 is 2.31 bits per heavy atom. The van der Waals surface area contributed by atoms with Gasteiger partial charge in [0.1, 0.15) is 5.82 Å². The summed E-state index contributed by atoms with van der Waals surface area (Å²) in [5.74, 6) is -0.324. The van der Waals surface area contributed by atoms with E-state index in [1.54, 1.807) is 19.1 Å². The lowest BCUT2D eigenvalue weighted by molar-refractivity contribution is 0.208. The Morgan fingerprint density at radius 1 is 1.62 bits per heavy atom. The van der Waals surface area contributed by atoms with E-state index in [0.717, 1.165) is 0 Å². The first-order valence-electron chi connectivity index (χ1n) is 3.97. The van der Waals surface area contributed by atoms with E-state index in [1.165, 1.54) is 6.07 Å². The number of rotatable bonds is 3. The van der Waals surface area contributed by atoms with Gasteiger partial charge in [-0.3, -0.25) is 0 Å². The summed E-state index contributed by atoms with van der Waals surface area (Å²) in [7, 11) is 0.